The van der Waals surface area contributed by atoms with E-state index in [0.717, 1.165) is 7.11 Å². The SMILES string of the molecule is C=C(OCOCCOC)C(F)(F)C(NC(=O)OCc1ccccc1)C(=O)OC. The zero-order valence-electron chi connectivity index (χ0n) is 15.6. The third kappa shape index (κ3) is 7.49. The van der Waals surface area contributed by atoms with E-state index in [4.69, 9.17) is 18.9 Å². The number of esters is 1. The van der Waals surface area contributed by atoms with Crippen LogP contribution in [0.5, 0.6) is 0 Å². The number of carbonyl (C=O) groups is 2. The lowest BCUT2D eigenvalue weighted by Gasteiger charge is -2.26. The topological polar surface area (TPSA) is 92.3 Å². The first kappa shape index (κ1) is 23.3. The molecule has 0 saturated carbocycles. The van der Waals surface area contributed by atoms with Gasteiger partial charge in [0.05, 0.1) is 20.3 Å². The zero-order chi connectivity index (χ0) is 21.0. The Labute approximate surface area is 161 Å². The minimum Gasteiger partial charge on any atom is -0.467 e. The van der Waals surface area contributed by atoms with Crippen molar-refractivity contribution in [2.24, 2.45) is 0 Å². The third-order valence-electron chi connectivity index (χ3n) is 3.39. The largest absolute Gasteiger partial charge is 0.467 e. The highest BCUT2D eigenvalue weighted by Gasteiger charge is 2.50. The van der Waals surface area contributed by atoms with Gasteiger partial charge in [-0.05, 0) is 5.56 Å². The first-order chi connectivity index (χ1) is 13.3. The number of halogens is 2. The van der Waals surface area contributed by atoms with Gasteiger partial charge in [0.2, 0.25) is 6.04 Å². The highest BCUT2D eigenvalue weighted by atomic mass is 19.3. The molecular weight excluding hydrogens is 380 g/mol. The van der Waals surface area contributed by atoms with Gasteiger partial charge in [-0.1, -0.05) is 36.9 Å². The standard InChI is InChI=1S/C18H23F2NO7/c1-13(28-12-26-10-9-24-2)18(19,20)15(16(22)25-3)21-17(23)27-11-14-7-5-4-6-8-14/h4-8,15H,1,9-12H2,2-3H3,(H,21,23). The maximum absolute atomic E-state index is 14.5. The summed E-state index contributed by atoms with van der Waals surface area (Å²) in [4.78, 5) is 23.6. The lowest BCUT2D eigenvalue weighted by molar-refractivity contribution is -0.157. The van der Waals surface area contributed by atoms with Crippen molar-refractivity contribution < 1.29 is 42.1 Å². The molecular formula is C18H23F2NO7. The summed E-state index contributed by atoms with van der Waals surface area (Å²) in [6.07, 6.45) is -1.23. The fourth-order valence-corrected chi connectivity index (χ4v) is 1.87. The second-order valence-electron chi connectivity index (χ2n) is 5.37. The molecule has 28 heavy (non-hydrogen) atoms. The van der Waals surface area contributed by atoms with Gasteiger partial charge in [0.15, 0.2) is 12.6 Å². The summed E-state index contributed by atoms with van der Waals surface area (Å²) >= 11 is 0. The van der Waals surface area contributed by atoms with Crippen LogP contribution < -0.4 is 5.32 Å². The van der Waals surface area contributed by atoms with Crippen LogP contribution in [0.15, 0.2) is 42.7 Å². The molecule has 0 aliphatic carbocycles. The van der Waals surface area contributed by atoms with Crippen LogP contribution in [0.25, 0.3) is 0 Å². The molecule has 0 saturated heterocycles. The Balaban J connectivity index is 2.67. The Kier molecular flexibility index (Phi) is 9.89. The highest BCUT2D eigenvalue weighted by molar-refractivity contribution is 5.82. The molecule has 0 heterocycles. The summed E-state index contributed by atoms with van der Waals surface area (Å²) in [5.74, 6) is -6.46. The Hall–Kier alpha value is -2.72. The number of hydrogen-bond donors (Lipinski definition) is 1. The fraction of sp³-hybridized carbons (Fsp3) is 0.444. The Morgan fingerprint density at radius 2 is 1.82 bits per heavy atom. The van der Waals surface area contributed by atoms with Gasteiger partial charge in [0, 0.05) is 7.11 Å². The van der Waals surface area contributed by atoms with Crippen LogP contribution in [0.4, 0.5) is 13.6 Å². The number of alkyl carbamates (subject to hydrolysis) is 1. The molecule has 1 aromatic carbocycles. The van der Waals surface area contributed by atoms with Gasteiger partial charge in [-0.25, -0.2) is 9.59 Å². The van der Waals surface area contributed by atoms with Crippen molar-refractivity contribution in [2.75, 3.05) is 34.2 Å². The maximum Gasteiger partial charge on any atom is 0.408 e. The predicted molar refractivity (Wildman–Crippen MR) is 93.4 cm³/mol. The Morgan fingerprint density at radius 1 is 1.14 bits per heavy atom. The predicted octanol–water partition coefficient (Wildman–Crippen LogP) is 2.24. The molecule has 8 nitrogen and oxygen atoms in total. The van der Waals surface area contributed by atoms with Crippen LogP contribution in [-0.2, 0) is 35.1 Å². The molecule has 1 atom stereocenters. The molecule has 1 aromatic rings. The second kappa shape index (κ2) is 11.9. The molecule has 0 aliphatic heterocycles. The van der Waals surface area contributed by atoms with Crippen molar-refractivity contribution in [1.29, 1.82) is 0 Å². The molecule has 0 aromatic heterocycles. The number of rotatable bonds is 12. The molecule has 1 rings (SSSR count). The molecule has 0 spiro atoms. The highest BCUT2D eigenvalue weighted by Crippen LogP contribution is 2.29. The van der Waals surface area contributed by atoms with Crippen molar-refractivity contribution in [3.8, 4) is 0 Å². The summed E-state index contributed by atoms with van der Waals surface area (Å²) in [5.41, 5.74) is 0.639. The van der Waals surface area contributed by atoms with E-state index in [0.29, 0.717) is 5.56 Å². The van der Waals surface area contributed by atoms with Crippen LogP contribution in [0.3, 0.4) is 0 Å². The van der Waals surface area contributed by atoms with Gasteiger partial charge in [-0.15, -0.1) is 0 Å². The van der Waals surface area contributed by atoms with E-state index in [9.17, 15) is 18.4 Å². The van der Waals surface area contributed by atoms with Crippen LogP contribution >= 0.6 is 0 Å². The van der Waals surface area contributed by atoms with E-state index < -0.39 is 36.6 Å². The molecule has 0 radical (unpaired) electrons. The maximum atomic E-state index is 14.5. The number of carbonyl (C=O) groups excluding carboxylic acids is 2. The van der Waals surface area contributed by atoms with E-state index in [2.05, 4.69) is 11.3 Å². The first-order valence-electron chi connectivity index (χ1n) is 8.14. The smallest absolute Gasteiger partial charge is 0.408 e. The van der Waals surface area contributed by atoms with Crippen molar-refractivity contribution in [1.82, 2.24) is 5.32 Å². The summed E-state index contributed by atoms with van der Waals surface area (Å²) in [6, 6.07) is 6.17. The van der Waals surface area contributed by atoms with E-state index in [-0.39, 0.29) is 19.8 Å². The van der Waals surface area contributed by atoms with Gasteiger partial charge in [0.1, 0.15) is 6.61 Å². The average molecular weight is 403 g/mol. The number of nitrogens with one attached hydrogen (secondary N) is 1. The van der Waals surface area contributed by atoms with Gasteiger partial charge in [0.25, 0.3) is 0 Å². The van der Waals surface area contributed by atoms with E-state index in [1.54, 1.807) is 35.6 Å². The minimum atomic E-state index is -3.98. The van der Waals surface area contributed by atoms with E-state index in [1.165, 1.54) is 7.11 Å². The molecule has 1 amide bonds. The molecule has 1 unspecified atom stereocenters. The lowest BCUT2D eigenvalue weighted by atomic mass is 10.1. The van der Waals surface area contributed by atoms with Crippen LogP contribution in [0.1, 0.15) is 5.56 Å². The summed E-state index contributed by atoms with van der Waals surface area (Å²) in [7, 11) is 2.35. The van der Waals surface area contributed by atoms with Crippen molar-refractivity contribution in [2.45, 2.75) is 18.6 Å². The van der Waals surface area contributed by atoms with Crippen LogP contribution in [0.2, 0.25) is 0 Å². The number of methoxy groups -OCH3 is 2. The molecule has 0 aliphatic rings. The number of benzene rings is 1. The van der Waals surface area contributed by atoms with Crippen molar-refractivity contribution in [3.63, 3.8) is 0 Å². The first-order valence-corrected chi connectivity index (χ1v) is 8.14. The zero-order valence-corrected chi connectivity index (χ0v) is 15.6. The van der Waals surface area contributed by atoms with E-state index >= 15 is 0 Å². The van der Waals surface area contributed by atoms with Crippen molar-refractivity contribution in [3.05, 3.63) is 48.2 Å². The quantitative estimate of drug-likeness (QED) is 0.248. The van der Waals surface area contributed by atoms with Gasteiger partial charge < -0.3 is 29.0 Å². The molecule has 156 valence electrons. The summed E-state index contributed by atoms with van der Waals surface area (Å²) in [5, 5.41) is 1.78. The fourth-order valence-electron chi connectivity index (χ4n) is 1.87. The molecule has 0 fully saturated rings. The Bertz CT molecular complexity index is 640. The third-order valence-corrected chi connectivity index (χ3v) is 3.39. The van der Waals surface area contributed by atoms with Gasteiger partial charge in [-0.3, -0.25) is 0 Å². The Morgan fingerprint density at radius 3 is 2.43 bits per heavy atom. The van der Waals surface area contributed by atoms with Gasteiger partial charge in [-0.2, -0.15) is 8.78 Å². The normalized spacial score (nSPS) is 12.0. The average Bonchev–Trinajstić information content (AvgIpc) is 2.70. The number of alkyl halides is 2. The summed E-state index contributed by atoms with van der Waals surface area (Å²) in [6.45, 7) is 2.74. The summed E-state index contributed by atoms with van der Waals surface area (Å²) < 4.78 is 52.6. The molecule has 10 heteroatoms. The lowest BCUT2D eigenvalue weighted by Crippen LogP contribution is -2.54. The molecule has 1 N–H and O–H groups in total. The molecule has 0 bridgehead atoms. The second-order valence-corrected chi connectivity index (χ2v) is 5.37. The minimum absolute atomic E-state index is 0.111. The number of ether oxygens (including phenoxy) is 5. The number of amides is 1. The van der Waals surface area contributed by atoms with Crippen LogP contribution in [-0.4, -0.2) is 58.3 Å². The van der Waals surface area contributed by atoms with Gasteiger partial charge >= 0.3 is 18.0 Å². The van der Waals surface area contributed by atoms with E-state index in [1.807, 2.05) is 0 Å². The monoisotopic (exact) mass is 403 g/mol. The van der Waals surface area contributed by atoms with Crippen molar-refractivity contribution >= 4 is 12.1 Å². The van der Waals surface area contributed by atoms with Crippen LogP contribution in [0, 0.1) is 0 Å². The number of hydrogen-bond acceptors (Lipinski definition) is 7.